The van der Waals surface area contributed by atoms with Gasteiger partial charge in [-0.25, -0.2) is 0 Å². The van der Waals surface area contributed by atoms with Gasteiger partial charge in [0, 0.05) is 18.7 Å². The van der Waals surface area contributed by atoms with Crippen molar-refractivity contribution in [2.75, 3.05) is 6.54 Å². The standard InChI is InChI=1S/C7H9N3O3/c8-3-4(7(9)13)10-5(11)1-2-6(10)12/h1-2,4H,3,8H2,(H2,9,13). The van der Waals surface area contributed by atoms with E-state index in [1.807, 2.05) is 0 Å². The Balaban J connectivity index is 2.87. The number of nitrogens with two attached hydrogens (primary N) is 2. The minimum Gasteiger partial charge on any atom is -0.368 e. The molecule has 0 aromatic rings. The molecule has 0 saturated heterocycles. The Morgan fingerprint density at radius 1 is 1.38 bits per heavy atom. The van der Waals surface area contributed by atoms with Gasteiger partial charge in [0.1, 0.15) is 6.04 Å². The maximum absolute atomic E-state index is 11.0. The lowest BCUT2D eigenvalue weighted by molar-refractivity contribution is -0.144. The van der Waals surface area contributed by atoms with Crippen molar-refractivity contribution in [3.05, 3.63) is 12.2 Å². The average molecular weight is 183 g/mol. The molecular formula is C7H9N3O3. The molecule has 1 aliphatic heterocycles. The molecule has 0 aliphatic carbocycles. The summed E-state index contributed by atoms with van der Waals surface area (Å²) in [5.41, 5.74) is 10.2. The van der Waals surface area contributed by atoms with Crippen LogP contribution in [0.25, 0.3) is 0 Å². The fourth-order valence-corrected chi connectivity index (χ4v) is 1.07. The van der Waals surface area contributed by atoms with Crippen LogP contribution in [-0.4, -0.2) is 35.2 Å². The molecule has 6 nitrogen and oxygen atoms in total. The van der Waals surface area contributed by atoms with Gasteiger partial charge in [0.25, 0.3) is 11.8 Å². The number of hydrogen-bond donors (Lipinski definition) is 2. The van der Waals surface area contributed by atoms with Crippen LogP contribution in [0.4, 0.5) is 0 Å². The third kappa shape index (κ3) is 1.57. The number of rotatable bonds is 3. The Kier molecular flexibility index (Phi) is 2.43. The van der Waals surface area contributed by atoms with E-state index in [1.165, 1.54) is 0 Å². The molecule has 0 bridgehead atoms. The van der Waals surface area contributed by atoms with E-state index in [2.05, 4.69) is 0 Å². The van der Waals surface area contributed by atoms with Gasteiger partial charge in [-0.2, -0.15) is 0 Å². The van der Waals surface area contributed by atoms with Crippen LogP contribution >= 0.6 is 0 Å². The first-order chi connectivity index (χ1) is 6.07. The maximum atomic E-state index is 11.0. The van der Waals surface area contributed by atoms with Gasteiger partial charge >= 0.3 is 0 Å². The average Bonchev–Trinajstić information content (AvgIpc) is 2.36. The highest BCUT2D eigenvalue weighted by Crippen LogP contribution is 2.07. The second-order valence-corrected chi connectivity index (χ2v) is 2.53. The first kappa shape index (κ1) is 9.40. The Bertz CT molecular complexity index is 279. The molecule has 1 atom stereocenters. The molecule has 4 N–H and O–H groups in total. The van der Waals surface area contributed by atoms with Gasteiger partial charge < -0.3 is 11.5 Å². The highest BCUT2D eigenvalue weighted by molar-refractivity contribution is 6.15. The van der Waals surface area contributed by atoms with E-state index in [4.69, 9.17) is 11.5 Å². The molecule has 0 saturated carbocycles. The van der Waals surface area contributed by atoms with Crippen molar-refractivity contribution in [2.45, 2.75) is 6.04 Å². The van der Waals surface area contributed by atoms with Gasteiger partial charge in [0.15, 0.2) is 0 Å². The van der Waals surface area contributed by atoms with E-state index in [0.29, 0.717) is 0 Å². The Morgan fingerprint density at radius 3 is 2.15 bits per heavy atom. The zero-order valence-electron chi connectivity index (χ0n) is 6.77. The summed E-state index contributed by atoms with van der Waals surface area (Å²) in [5, 5.41) is 0. The highest BCUT2D eigenvalue weighted by Gasteiger charge is 2.33. The Morgan fingerprint density at radius 2 is 1.85 bits per heavy atom. The predicted molar refractivity (Wildman–Crippen MR) is 43.0 cm³/mol. The van der Waals surface area contributed by atoms with E-state index in [1.54, 1.807) is 0 Å². The van der Waals surface area contributed by atoms with Crippen molar-refractivity contribution in [2.24, 2.45) is 11.5 Å². The van der Waals surface area contributed by atoms with Gasteiger partial charge in [-0.15, -0.1) is 0 Å². The second-order valence-electron chi connectivity index (χ2n) is 2.53. The number of carbonyl (C=O) groups excluding carboxylic acids is 3. The molecule has 0 radical (unpaired) electrons. The summed E-state index contributed by atoms with van der Waals surface area (Å²) in [6.07, 6.45) is 2.15. The van der Waals surface area contributed by atoms with Gasteiger partial charge in [-0.05, 0) is 0 Å². The van der Waals surface area contributed by atoms with E-state index in [-0.39, 0.29) is 6.54 Å². The lowest BCUT2D eigenvalue weighted by Crippen LogP contribution is -2.51. The zero-order valence-corrected chi connectivity index (χ0v) is 6.77. The first-order valence-electron chi connectivity index (χ1n) is 3.62. The minimum absolute atomic E-state index is 0.158. The monoisotopic (exact) mass is 183 g/mol. The van der Waals surface area contributed by atoms with Crippen LogP contribution in [-0.2, 0) is 14.4 Å². The minimum atomic E-state index is -1.05. The number of imide groups is 1. The van der Waals surface area contributed by atoms with Crippen LogP contribution in [0, 0.1) is 0 Å². The van der Waals surface area contributed by atoms with Gasteiger partial charge in [0.2, 0.25) is 5.91 Å². The first-order valence-corrected chi connectivity index (χ1v) is 3.62. The van der Waals surface area contributed by atoms with E-state index in [9.17, 15) is 14.4 Å². The summed E-state index contributed by atoms with van der Waals surface area (Å²) in [4.78, 5) is 33.6. The molecule has 0 fully saturated rings. The number of hydrogen-bond acceptors (Lipinski definition) is 4. The van der Waals surface area contributed by atoms with Crippen LogP contribution in [0.5, 0.6) is 0 Å². The zero-order chi connectivity index (χ0) is 10.0. The molecule has 1 aliphatic rings. The normalized spacial score (nSPS) is 18.1. The topological polar surface area (TPSA) is 106 Å². The summed E-state index contributed by atoms with van der Waals surface area (Å²) < 4.78 is 0. The van der Waals surface area contributed by atoms with E-state index >= 15 is 0 Å². The molecule has 1 rings (SSSR count). The molecular weight excluding hydrogens is 174 g/mol. The Hall–Kier alpha value is -1.69. The predicted octanol–water partition coefficient (Wildman–Crippen LogP) is -2.28. The molecule has 13 heavy (non-hydrogen) atoms. The summed E-state index contributed by atoms with van der Waals surface area (Å²) in [6, 6.07) is -1.05. The van der Waals surface area contributed by atoms with Crippen molar-refractivity contribution in [1.82, 2.24) is 4.90 Å². The Labute approximate surface area is 74.2 Å². The molecule has 0 aromatic carbocycles. The fraction of sp³-hybridized carbons (Fsp3) is 0.286. The maximum Gasteiger partial charge on any atom is 0.254 e. The van der Waals surface area contributed by atoms with Crippen LogP contribution in [0.15, 0.2) is 12.2 Å². The van der Waals surface area contributed by atoms with Gasteiger partial charge in [0.05, 0.1) is 0 Å². The van der Waals surface area contributed by atoms with Crippen LogP contribution in [0.3, 0.4) is 0 Å². The van der Waals surface area contributed by atoms with Gasteiger partial charge in [-0.1, -0.05) is 0 Å². The van der Waals surface area contributed by atoms with Crippen molar-refractivity contribution in [1.29, 1.82) is 0 Å². The quantitative estimate of drug-likeness (QED) is 0.481. The smallest absolute Gasteiger partial charge is 0.254 e. The van der Waals surface area contributed by atoms with Gasteiger partial charge in [-0.3, -0.25) is 19.3 Å². The third-order valence-electron chi connectivity index (χ3n) is 1.71. The lowest BCUT2D eigenvalue weighted by Gasteiger charge is -2.21. The van der Waals surface area contributed by atoms with E-state index in [0.717, 1.165) is 17.1 Å². The van der Waals surface area contributed by atoms with Crippen molar-refractivity contribution in [3.63, 3.8) is 0 Å². The van der Waals surface area contributed by atoms with E-state index < -0.39 is 23.8 Å². The van der Waals surface area contributed by atoms with Crippen molar-refractivity contribution >= 4 is 17.7 Å². The fourth-order valence-electron chi connectivity index (χ4n) is 1.07. The van der Waals surface area contributed by atoms with Crippen molar-refractivity contribution in [3.8, 4) is 0 Å². The number of amides is 3. The van der Waals surface area contributed by atoms with Crippen molar-refractivity contribution < 1.29 is 14.4 Å². The molecule has 3 amide bonds. The highest BCUT2D eigenvalue weighted by atomic mass is 16.2. The van der Waals surface area contributed by atoms with Crippen LogP contribution < -0.4 is 11.5 Å². The lowest BCUT2D eigenvalue weighted by atomic mass is 10.2. The molecule has 0 aromatic heterocycles. The second kappa shape index (κ2) is 3.36. The largest absolute Gasteiger partial charge is 0.368 e. The third-order valence-corrected chi connectivity index (χ3v) is 1.71. The summed E-state index contributed by atoms with van der Waals surface area (Å²) in [7, 11) is 0. The SMILES string of the molecule is NCC(C(N)=O)N1C(=O)C=CC1=O. The van der Waals surface area contributed by atoms with Crippen LogP contribution in [0.1, 0.15) is 0 Å². The molecule has 70 valence electrons. The molecule has 1 unspecified atom stereocenters. The molecule has 0 spiro atoms. The summed E-state index contributed by atoms with van der Waals surface area (Å²) in [5.74, 6) is -1.90. The summed E-state index contributed by atoms with van der Waals surface area (Å²) in [6.45, 7) is -0.158. The number of nitrogens with zero attached hydrogens (tertiary/aromatic N) is 1. The number of carbonyl (C=O) groups is 3. The molecule has 1 heterocycles. The summed E-state index contributed by atoms with van der Waals surface area (Å²) >= 11 is 0. The molecule has 6 heteroatoms. The number of primary amides is 1. The van der Waals surface area contributed by atoms with Crippen LogP contribution in [0.2, 0.25) is 0 Å².